The molecule has 9 heteroatoms. The number of aromatic nitrogens is 4. The van der Waals surface area contributed by atoms with Gasteiger partial charge in [0.25, 0.3) is 11.9 Å². The SMILES string of the molecule is Cc1ccc(-n2nccn2)c(C(=O)N2CC3CCCC3C2CNc2nc3cc(Cl)ccc3o2)c1. The predicted molar refractivity (Wildman–Crippen MR) is 129 cm³/mol. The van der Waals surface area contributed by atoms with Crippen molar-refractivity contribution in [3.63, 3.8) is 0 Å². The molecule has 1 saturated heterocycles. The van der Waals surface area contributed by atoms with Crippen LogP contribution in [0.4, 0.5) is 6.01 Å². The molecule has 1 N–H and O–H groups in total. The van der Waals surface area contributed by atoms with Gasteiger partial charge in [0.2, 0.25) is 0 Å². The van der Waals surface area contributed by atoms with Crippen molar-refractivity contribution in [2.24, 2.45) is 11.8 Å². The standard InChI is InChI=1S/C25H25ClN6O2/c1-15-5-7-21(32-28-9-10-29-32)19(11-15)24(33)31-14-16-3-2-4-18(16)22(31)13-27-25-30-20-12-17(26)6-8-23(20)34-25/h5-12,16,18,22H,2-4,13-14H2,1H3,(H,27,30). The van der Waals surface area contributed by atoms with Crippen LogP contribution < -0.4 is 5.32 Å². The van der Waals surface area contributed by atoms with Gasteiger partial charge >= 0.3 is 0 Å². The van der Waals surface area contributed by atoms with Crippen LogP contribution in [0, 0.1) is 18.8 Å². The van der Waals surface area contributed by atoms with E-state index in [0.717, 1.165) is 24.9 Å². The maximum Gasteiger partial charge on any atom is 0.295 e. The van der Waals surface area contributed by atoms with Crippen LogP contribution in [0.2, 0.25) is 5.02 Å². The highest BCUT2D eigenvalue weighted by Crippen LogP contribution is 2.43. The maximum atomic E-state index is 13.9. The second-order valence-corrected chi connectivity index (χ2v) is 9.67. The summed E-state index contributed by atoms with van der Waals surface area (Å²) in [5.41, 5.74) is 3.74. The van der Waals surface area contributed by atoms with Gasteiger partial charge < -0.3 is 14.6 Å². The molecular weight excluding hydrogens is 452 g/mol. The molecule has 1 aliphatic carbocycles. The number of hydrogen-bond donors (Lipinski definition) is 1. The molecule has 8 nitrogen and oxygen atoms in total. The highest BCUT2D eigenvalue weighted by molar-refractivity contribution is 6.31. The highest BCUT2D eigenvalue weighted by atomic mass is 35.5. The molecule has 0 spiro atoms. The molecule has 3 heterocycles. The number of carbonyl (C=O) groups excluding carboxylic acids is 1. The monoisotopic (exact) mass is 476 g/mol. The number of fused-ring (bicyclic) bond motifs is 2. The topological polar surface area (TPSA) is 89.1 Å². The molecule has 2 aromatic heterocycles. The average Bonchev–Trinajstić information content (AvgIpc) is 3.61. The van der Waals surface area contributed by atoms with E-state index < -0.39 is 0 Å². The number of anilines is 1. The summed E-state index contributed by atoms with van der Waals surface area (Å²) in [5, 5.41) is 12.5. The number of likely N-dealkylation sites (tertiary alicyclic amines) is 1. The maximum absolute atomic E-state index is 13.9. The minimum absolute atomic E-state index is 0.0153. The molecule has 6 rings (SSSR count). The summed E-state index contributed by atoms with van der Waals surface area (Å²) in [6, 6.07) is 11.7. The van der Waals surface area contributed by atoms with Gasteiger partial charge in [0.1, 0.15) is 5.52 Å². The van der Waals surface area contributed by atoms with Crippen LogP contribution in [0.15, 0.2) is 53.2 Å². The number of benzene rings is 2. The minimum Gasteiger partial charge on any atom is -0.424 e. The van der Waals surface area contributed by atoms with Crippen molar-refractivity contribution in [3.05, 3.63) is 64.9 Å². The fourth-order valence-electron chi connectivity index (χ4n) is 5.57. The van der Waals surface area contributed by atoms with E-state index in [1.54, 1.807) is 24.5 Å². The van der Waals surface area contributed by atoms with Crippen molar-refractivity contribution in [2.75, 3.05) is 18.4 Å². The number of carbonyl (C=O) groups is 1. The quantitative estimate of drug-likeness (QED) is 0.448. The van der Waals surface area contributed by atoms with E-state index in [4.69, 9.17) is 16.0 Å². The lowest BCUT2D eigenvalue weighted by molar-refractivity contribution is 0.0721. The van der Waals surface area contributed by atoms with Gasteiger partial charge in [-0.1, -0.05) is 29.7 Å². The van der Waals surface area contributed by atoms with Gasteiger partial charge in [-0.2, -0.15) is 20.0 Å². The molecule has 174 valence electrons. The highest BCUT2D eigenvalue weighted by Gasteiger charge is 2.46. The summed E-state index contributed by atoms with van der Waals surface area (Å²) < 4.78 is 5.85. The lowest BCUT2D eigenvalue weighted by Crippen LogP contribution is -2.42. The first-order valence-electron chi connectivity index (χ1n) is 11.6. The normalized spacial score (nSPS) is 21.8. The number of rotatable bonds is 5. The van der Waals surface area contributed by atoms with Crippen molar-refractivity contribution < 1.29 is 9.21 Å². The van der Waals surface area contributed by atoms with E-state index in [2.05, 4.69) is 20.5 Å². The minimum atomic E-state index is 0.0153. The Labute approximate surface area is 201 Å². The number of nitrogens with one attached hydrogen (secondary N) is 1. The third-order valence-electron chi connectivity index (χ3n) is 7.13. The first-order chi connectivity index (χ1) is 16.6. The zero-order valence-corrected chi connectivity index (χ0v) is 19.6. The molecule has 2 fully saturated rings. The van der Waals surface area contributed by atoms with Gasteiger partial charge in [0.15, 0.2) is 5.58 Å². The molecule has 2 aliphatic rings. The van der Waals surface area contributed by atoms with E-state index in [9.17, 15) is 4.79 Å². The Hall–Kier alpha value is -3.39. The molecule has 1 amide bonds. The van der Waals surface area contributed by atoms with Crippen molar-refractivity contribution >= 4 is 34.6 Å². The van der Waals surface area contributed by atoms with Crippen LogP contribution in [0.5, 0.6) is 0 Å². The van der Waals surface area contributed by atoms with Crippen LogP contribution >= 0.6 is 11.6 Å². The Kier molecular flexibility index (Phi) is 5.25. The Bertz CT molecular complexity index is 1350. The third kappa shape index (κ3) is 3.72. The van der Waals surface area contributed by atoms with E-state index in [1.165, 1.54) is 11.2 Å². The van der Waals surface area contributed by atoms with E-state index >= 15 is 0 Å². The van der Waals surface area contributed by atoms with Gasteiger partial charge in [0, 0.05) is 18.1 Å². The smallest absolute Gasteiger partial charge is 0.295 e. The fourth-order valence-corrected chi connectivity index (χ4v) is 5.74. The predicted octanol–water partition coefficient (Wildman–Crippen LogP) is 4.72. The van der Waals surface area contributed by atoms with Gasteiger partial charge in [-0.05, 0) is 61.9 Å². The second kappa shape index (κ2) is 8.43. The Morgan fingerprint density at radius 2 is 2.03 bits per heavy atom. The summed E-state index contributed by atoms with van der Waals surface area (Å²) in [5.74, 6) is 1.00. The number of hydrogen-bond acceptors (Lipinski definition) is 6. The van der Waals surface area contributed by atoms with Gasteiger partial charge in [-0.25, -0.2) is 0 Å². The van der Waals surface area contributed by atoms with Gasteiger partial charge in [-0.3, -0.25) is 4.79 Å². The van der Waals surface area contributed by atoms with Crippen molar-refractivity contribution in [2.45, 2.75) is 32.2 Å². The molecule has 4 aromatic rings. The van der Waals surface area contributed by atoms with Crippen molar-refractivity contribution in [1.29, 1.82) is 0 Å². The molecule has 0 radical (unpaired) electrons. The number of oxazole rings is 1. The van der Waals surface area contributed by atoms with Crippen LogP contribution in [0.1, 0.15) is 35.2 Å². The Morgan fingerprint density at radius 3 is 2.88 bits per heavy atom. The average molecular weight is 477 g/mol. The van der Waals surface area contributed by atoms with E-state index in [1.807, 2.05) is 36.1 Å². The summed E-state index contributed by atoms with van der Waals surface area (Å²) in [6.07, 6.45) is 6.74. The molecule has 3 atom stereocenters. The van der Waals surface area contributed by atoms with E-state index in [0.29, 0.717) is 51.8 Å². The number of aryl methyl sites for hydroxylation is 1. The second-order valence-electron chi connectivity index (χ2n) is 9.23. The van der Waals surface area contributed by atoms with E-state index in [-0.39, 0.29) is 11.9 Å². The summed E-state index contributed by atoms with van der Waals surface area (Å²) >= 11 is 6.09. The summed E-state index contributed by atoms with van der Waals surface area (Å²) in [4.78, 5) is 22.0. The molecule has 1 aliphatic heterocycles. The fraction of sp³-hybridized carbons (Fsp3) is 0.360. The molecule has 3 unspecified atom stereocenters. The first-order valence-corrected chi connectivity index (χ1v) is 12.0. The lowest BCUT2D eigenvalue weighted by atomic mass is 9.94. The number of amides is 1. The Balaban J connectivity index is 1.29. The molecule has 34 heavy (non-hydrogen) atoms. The first kappa shape index (κ1) is 21.2. The van der Waals surface area contributed by atoms with Crippen LogP contribution in [-0.4, -0.2) is 49.9 Å². The zero-order chi connectivity index (χ0) is 23.2. The van der Waals surface area contributed by atoms with Crippen molar-refractivity contribution in [1.82, 2.24) is 24.9 Å². The molecular formula is C25H25ClN6O2. The molecule has 1 saturated carbocycles. The van der Waals surface area contributed by atoms with Crippen molar-refractivity contribution in [3.8, 4) is 5.69 Å². The molecule has 0 bridgehead atoms. The van der Waals surface area contributed by atoms with Crippen LogP contribution in [-0.2, 0) is 0 Å². The lowest BCUT2D eigenvalue weighted by Gasteiger charge is -2.28. The number of nitrogens with zero attached hydrogens (tertiary/aromatic N) is 5. The summed E-state index contributed by atoms with van der Waals surface area (Å²) in [7, 11) is 0. The van der Waals surface area contributed by atoms with Gasteiger partial charge in [-0.15, -0.1) is 0 Å². The zero-order valence-electron chi connectivity index (χ0n) is 18.8. The third-order valence-corrected chi connectivity index (χ3v) is 7.37. The largest absolute Gasteiger partial charge is 0.424 e. The van der Waals surface area contributed by atoms with Crippen LogP contribution in [0.3, 0.4) is 0 Å². The van der Waals surface area contributed by atoms with Gasteiger partial charge in [0.05, 0.1) is 29.7 Å². The summed E-state index contributed by atoms with van der Waals surface area (Å²) in [6.45, 7) is 3.34. The Morgan fingerprint density at radius 1 is 1.18 bits per heavy atom. The van der Waals surface area contributed by atoms with Crippen LogP contribution in [0.25, 0.3) is 16.8 Å². The number of halogens is 1. The molecule has 2 aromatic carbocycles.